The summed E-state index contributed by atoms with van der Waals surface area (Å²) in [7, 11) is 1.94. The van der Waals surface area contributed by atoms with Crippen LogP contribution in [0.4, 0.5) is 16.3 Å². The lowest BCUT2D eigenvalue weighted by molar-refractivity contribution is 0.103. The van der Waals surface area contributed by atoms with E-state index in [-0.39, 0.29) is 17.9 Å². The minimum atomic E-state index is -0.113. The summed E-state index contributed by atoms with van der Waals surface area (Å²) in [5.41, 5.74) is 3.89. The Kier molecular flexibility index (Phi) is 5.17. The van der Waals surface area contributed by atoms with E-state index >= 15 is 0 Å². The molecule has 2 aliphatic heterocycles. The third-order valence-electron chi connectivity index (χ3n) is 7.00. The maximum absolute atomic E-state index is 13.3. The van der Waals surface area contributed by atoms with Crippen molar-refractivity contribution in [2.45, 2.75) is 25.4 Å². The molecule has 4 aromatic rings. The van der Waals surface area contributed by atoms with Crippen LogP contribution in [-0.2, 0) is 13.6 Å². The van der Waals surface area contributed by atoms with E-state index in [0.29, 0.717) is 17.8 Å². The first-order valence-corrected chi connectivity index (χ1v) is 11.7. The van der Waals surface area contributed by atoms with Crippen LogP contribution in [0.25, 0.3) is 10.9 Å². The van der Waals surface area contributed by atoms with Gasteiger partial charge in [0.15, 0.2) is 0 Å². The van der Waals surface area contributed by atoms with Crippen molar-refractivity contribution in [1.29, 1.82) is 0 Å². The highest BCUT2D eigenvalue weighted by atomic mass is 16.2. The van der Waals surface area contributed by atoms with E-state index in [0.717, 1.165) is 53.9 Å². The van der Waals surface area contributed by atoms with E-state index in [9.17, 15) is 9.59 Å². The van der Waals surface area contributed by atoms with E-state index in [4.69, 9.17) is 0 Å². The standard InChI is InChI=1S/C26H25N7O2/c1-31-15-20(19-4-2-3-5-23(19)31)25(34)22-12-24(29-16-28-22)32-10-7-18(8-11-32)33-14-17-13-27-9-6-21(17)30-26(33)35/h2-6,9,12-13,15-16,18H,7-8,10-11,14H2,1H3,(H,30,35). The van der Waals surface area contributed by atoms with Gasteiger partial charge in [0, 0.05) is 72.9 Å². The lowest BCUT2D eigenvalue weighted by Crippen LogP contribution is -2.50. The molecule has 2 amide bonds. The van der Waals surface area contributed by atoms with Gasteiger partial charge in [-0.1, -0.05) is 18.2 Å². The Balaban J connectivity index is 1.17. The molecule has 35 heavy (non-hydrogen) atoms. The van der Waals surface area contributed by atoms with E-state index < -0.39 is 0 Å². The number of nitrogens with zero attached hydrogens (tertiary/aromatic N) is 6. The minimum absolute atomic E-state index is 0.0628. The zero-order valence-electron chi connectivity index (χ0n) is 19.4. The molecule has 0 unspecified atom stereocenters. The largest absolute Gasteiger partial charge is 0.356 e. The van der Waals surface area contributed by atoms with Gasteiger partial charge >= 0.3 is 6.03 Å². The van der Waals surface area contributed by atoms with Crippen LogP contribution in [0.2, 0.25) is 0 Å². The van der Waals surface area contributed by atoms with Crippen LogP contribution in [0.1, 0.15) is 34.5 Å². The number of piperidine rings is 1. The molecule has 1 N–H and O–H groups in total. The molecular formula is C26H25N7O2. The smallest absolute Gasteiger partial charge is 0.322 e. The van der Waals surface area contributed by atoms with Crippen LogP contribution in [0.15, 0.2) is 61.3 Å². The normalized spacial score (nSPS) is 16.3. The molecule has 9 nitrogen and oxygen atoms in total. The van der Waals surface area contributed by atoms with Crippen molar-refractivity contribution >= 4 is 34.2 Å². The lowest BCUT2D eigenvalue weighted by Gasteiger charge is -2.40. The summed E-state index contributed by atoms with van der Waals surface area (Å²) in [6.45, 7) is 2.05. The summed E-state index contributed by atoms with van der Waals surface area (Å²) in [6, 6.07) is 11.5. The van der Waals surface area contributed by atoms with E-state index in [1.54, 1.807) is 12.3 Å². The van der Waals surface area contributed by atoms with E-state index in [1.807, 2.05) is 59.2 Å². The number of hydrogen-bond donors (Lipinski definition) is 1. The quantitative estimate of drug-likeness (QED) is 0.461. The third kappa shape index (κ3) is 3.78. The van der Waals surface area contributed by atoms with Crippen LogP contribution in [-0.4, -0.2) is 55.4 Å². The number of benzene rings is 1. The van der Waals surface area contributed by atoms with Crippen LogP contribution in [0.5, 0.6) is 0 Å². The van der Waals surface area contributed by atoms with E-state index in [1.165, 1.54) is 6.33 Å². The molecule has 1 saturated heterocycles. The number of anilines is 2. The summed E-state index contributed by atoms with van der Waals surface area (Å²) in [4.78, 5) is 43.0. The number of aromatic nitrogens is 4. The van der Waals surface area contributed by atoms with Crippen molar-refractivity contribution in [3.63, 3.8) is 0 Å². The van der Waals surface area contributed by atoms with Crippen molar-refractivity contribution in [1.82, 2.24) is 24.4 Å². The average Bonchev–Trinajstić information content (AvgIpc) is 3.24. The molecule has 0 saturated carbocycles. The van der Waals surface area contributed by atoms with Crippen LogP contribution in [0.3, 0.4) is 0 Å². The summed E-state index contributed by atoms with van der Waals surface area (Å²) >= 11 is 0. The van der Waals surface area contributed by atoms with Crippen molar-refractivity contribution in [2.75, 3.05) is 23.3 Å². The van der Waals surface area contributed by atoms with Crippen molar-refractivity contribution < 1.29 is 9.59 Å². The van der Waals surface area contributed by atoms with Crippen molar-refractivity contribution in [2.24, 2.45) is 7.05 Å². The number of pyridine rings is 1. The Morgan fingerprint density at radius 1 is 1.11 bits per heavy atom. The molecule has 1 aromatic carbocycles. The van der Waals surface area contributed by atoms with Crippen molar-refractivity contribution in [3.05, 3.63) is 78.1 Å². The Hall–Kier alpha value is -4.27. The fourth-order valence-electron chi connectivity index (χ4n) is 5.12. The number of aryl methyl sites for hydroxylation is 1. The molecule has 2 aliphatic rings. The van der Waals surface area contributed by atoms with Gasteiger partial charge in [0.05, 0.1) is 12.2 Å². The second kappa shape index (κ2) is 8.50. The van der Waals surface area contributed by atoms with Crippen LogP contribution < -0.4 is 10.2 Å². The number of hydrogen-bond acceptors (Lipinski definition) is 6. The van der Waals surface area contributed by atoms with Gasteiger partial charge in [0.2, 0.25) is 5.78 Å². The number of urea groups is 1. The highest BCUT2D eigenvalue weighted by Crippen LogP contribution is 2.29. The Morgan fingerprint density at radius 3 is 2.80 bits per heavy atom. The number of para-hydroxylation sites is 1. The van der Waals surface area contributed by atoms with E-state index in [2.05, 4.69) is 25.2 Å². The second-order valence-electron chi connectivity index (χ2n) is 9.07. The number of nitrogens with one attached hydrogen (secondary N) is 1. The van der Waals surface area contributed by atoms with Crippen molar-refractivity contribution in [3.8, 4) is 0 Å². The van der Waals surface area contributed by atoms with Crippen LogP contribution >= 0.6 is 0 Å². The number of carbonyl (C=O) groups is 2. The Morgan fingerprint density at radius 2 is 1.94 bits per heavy atom. The molecule has 0 aliphatic carbocycles. The molecule has 9 heteroatoms. The summed E-state index contributed by atoms with van der Waals surface area (Å²) < 4.78 is 1.96. The van der Waals surface area contributed by atoms with Gasteiger partial charge in [-0.3, -0.25) is 9.78 Å². The Bertz CT molecular complexity index is 1440. The lowest BCUT2D eigenvalue weighted by atomic mass is 10.0. The molecule has 176 valence electrons. The SMILES string of the molecule is Cn1cc(C(=O)c2cc(N3CCC(N4Cc5cnccc5NC4=O)CC3)ncn2)c2ccccc21. The number of amides is 2. The molecule has 3 aromatic heterocycles. The Labute approximate surface area is 202 Å². The predicted molar refractivity (Wildman–Crippen MR) is 132 cm³/mol. The molecule has 1 fully saturated rings. The highest BCUT2D eigenvalue weighted by molar-refractivity contribution is 6.15. The van der Waals surface area contributed by atoms with Gasteiger partial charge in [-0.15, -0.1) is 0 Å². The third-order valence-corrected chi connectivity index (χ3v) is 7.00. The molecule has 0 spiro atoms. The van der Waals surface area contributed by atoms with Gasteiger partial charge in [-0.2, -0.15) is 0 Å². The molecule has 0 radical (unpaired) electrons. The fourth-order valence-corrected chi connectivity index (χ4v) is 5.12. The monoisotopic (exact) mass is 467 g/mol. The van der Waals surface area contributed by atoms with Gasteiger partial charge in [-0.05, 0) is 25.0 Å². The zero-order valence-corrected chi connectivity index (χ0v) is 19.4. The topological polar surface area (TPSA) is 96.2 Å². The molecule has 5 heterocycles. The fraction of sp³-hybridized carbons (Fsp3) is 0.269. The first-order valence-electron chi connectivity index (χ1n) is 11.7. The molecular weight excluding hydrogens is 442 g/mol. The maximum Gasteiger partial charge on any atom is 0.322 e. The number of carbonyl (C=O) groups excluding carboxylic acids is 2. The minimum Gasteiger partial charge on any atom is -0.356 e. The zero-order chi connectivity index (χ0) is 23.9. The summed E-state index contributed by atoms with van der Waals surface area (Å²) in [5.74, 6) is 0.622. The molecule has 0 bridgehead atoms. The molecule has 0 atom stereocenters. The number of fused-ring (bicyclic) bond motifs is 2. The average molecular weight is 468 g/mol. The number of rotatable bonds is 4. The summed E-state index contributed by atoms with van der Waals surface area (Å²) in [5, 5.41) is 3.89. The summed E-state index contributed by atoms with van der Waals surface area (Å²) in [6.07, 6.45) is 8.46. The van der Waals surface area contributed by atoms with Crippen LogP contribution in [0, 0.1) is 0 Å². The first kappa shape index (κ1) is 21.3. The maximum atomic E-state index is 13.3. The first-order chi connectivity index (χ1) is 17.1. The molecule has 6 rings (SSSR count). The van der Waals surface area contributed by atoms with Gasteiger partial charge in [0.25, 0.3) is 0 Å². The van der Waals surface area contributed by atoms with Gasteiger partial charge in [-0.25, -0.2) is 14.8 Å². The number of ketones is 1. The van der Waals surface area contributed by atoms with Gasteiger partial charge in [0.1, 0.15) is 17.8 Å². The predicted octanol–water partition coefficient (Wildman–Crippen LogP) is 3.61. The highest BCUT2D eigenvalue weighted by Gasteiger charge is 2.32. The van der Waals surface area contributed by atoms with Gasteiger partial charge < -0.3 is 19.7 Å². The second-order valence-corrected chi connectivity index (χ2v) is 9.07.